The summed E-state index contributed by atoms with van der Waals surface area (Å²) in [6, 6.07) is 11.6. The summed E-state index contributed by atoms with van der Waals surface area (Å²) in [5.41, 5.74) is 1.95. The van der Waals surface area contributed by atoms with Gasteiger partial charge in [-0.25, -0.2) is 9.79 Å². The smallest absolute Gasteiger partial charge is 0.338 e. The predicted molar refractivity (Wildman–Crippen MR) is 139 cm³/mol. The molecule has 0 saturated carbocycles. The van der Waals surface area contributed by atoms with Gasteiger partial charge < -0.3 is 9.47 Å². The summed E-state index contributed by atoms with van der Waals surface area (Å²) >= 11 is 13.6. The van der Waals surface area contributed by atoms with Crippen molar-refractivity contribution in [3.63, 3.8) is 0 Å². The van der Waals surface area contributed by atoms with E-state index in [1.54, 1.807) is 69.3 Å². The maximum absolute atomic E-state index is 13.7. The van der Waals surface area contributed by atoms with Crippen LogP contribution in [-0.2, 0) is 9.53 Å². The van der Waals surface area contributed by atoms with Crippen LogP contribution in [0.1, 0.15) is 44.9 Å². The molecule has 9 heteroatoms. The largest absolute Gasteiger partial charge is 0.493 e. The SMILES string of the molecule is CCOc1ccc(Cl)cc1C=c1sc2n(c1=O)C(c1ccc(Cl)cc1)C(C(=O)OC(C)C)=C(C)N=2. The van der Waals surface area contributed by atoms with Crippen LogP contribution in [0.4, 0.5) is 0 Å². The minimum absolute atomic E-state index is 0.279. The summed E-state index contributed by atoms with van der Waals surface area (Å²) < 4.78 is 13.2. The Kier molecular flexibility index (Phi) is 7.50. The molecule has 0 spiro atoms. The average Bonchev–Trinajstić information content (AvgIpc) is 3.09. The highest BCUT2D eigenvalue weighted by atomic mass is 35.5. The first-order valence-electron chi connectivity index (χ1n) is 11.1. The average molecular weight is 531 g/mol. The molecule has 1 aliphatic heterocycles. The Morgan fingerprint density at radius 1 is 1.17 bits per heavy atom. The molecule has 0 amide bonds. The highest BCUT2D eigenvalue weighted by Crippen LogP contribution is 2.31. The molecule has 1 aromatic heterocycles. The van der Waals surface area contributed by atoms with Crippen molar-refractivity contribution in [2.24, 2.45) is 4.99 Å². The monoisotopic (exact) mass is 530 g/mol. The number of aromatic nitrogens is 1. The second kappa shape index (κ2) is 10.4. The summed E-state index contributed by atoms with van der Waals surface area (Å²) in [6.45, 7) is 7.67. The van der Waals surface area contributed by atoms with Gasteiger partial charge in [0.1, 0.15) is 5.75 Å². The molecule has 0 N–H and O–H groups in total. The number of nitrogens with zero attached hydrogens (tertiary/aromatic N) is 2. The number of hydrogen-bond donors (Lipinski definition) is 0. The van der Waals surface area contributed by atoms with Crippen molar-refractivity contribution in [2.45, 2.75) is 39.8 Å². The van der Waals surface area contributed by atoms with Gasteiger partial charge in [-0.3, -0.25) is 9.36 Å². The van der Waals surface area contributed by atoms with E-state index in [0.717, 1.165) is 5.56 Å². The molecule has 0 radical (unpaired) electrons. The van der Waals surface area contributed by atoms with Crippen molar-refractivity contribution < 1.29 is 14.3 Å². The van der Waals surface area contributed by atoms with Crippen LogP contribution in [0.25, 0.3) is 6.08 Å². The number of fused-ring (bicyclic) bond motifs is 1. The molecule has 1 atom stereocenters. The van der Waals surface area contributed by atoms with Crippen LogP contribution in [0.2, 0.25) is 10.0 Å². The molecule has 3 aromatic rings. The van der Waals surface area contributed by atoms with E-state index < -0.39 is 12.0 Å². The fourth-order valence-corrected chi connectivity index (χ4v) is 5.23. The van der Waals surface area contributed by atoms with Crippen LogP contribution in [0.15, 0.2) is 63.5 Å². The third kappa shape index (κ3) is 5.22. The van der Waals surface area contributed by atoms with Crippen molar-refractivity contribution in [2.75, 3.05) is 6.61 Å². The maximum Gasteiger partial charge on any atom is 0.338 e. The van der Waals surface area contributed by atoms with Crippen LogP contribution in [-0.4, -0.2) is 23.2 Å². The summed E-state index contributed by atoms with van der Waals surface area (Å²) in [5.74, 6) is 0.110. The van der Waals surface area contributed by atoms with E-state index in [0.29, 0.717) is 48.6 Å². The van der Waals surface area contributed by atoms with Crippen LogP contribution >= 0.6 is 34.5 Å². The molecule has 2 aromatic carbocycles. The summed E-state index contributed by atoms with van der Waals surface area (Å²) in [6.07, 6.45) is 1.42. The molecule has 0 saturated heterocycles. The minimum atomic E-state index is -0.706. The van der Waals surface area contributed by atoms with Gasteiger partial charge in [-0.15, -0.1) is 0 Å². The molecule has 0 bridgehead atoms. The van der Waals surface area contributed by atoms with E-state index in [4.69, 9.17) is 32.7 Å². The first-order valence-corrected chi connectivity index (χ1v) is 12.7. The van der Waals surface area contributed by atoms with Gasteiger partial charge in [-0.05, 0) is 69.7 Å². The van der Waals surface area contributed by atoms with Crippen molar-refractivity contribution in [3.05, 3.63) is 94.6 Å². The highest BCUT2D eigenvalue weighted by molar-refractivity contribution is 7.07. The van der Waals surface area contributed by atoms with Crippen molar-refractivity contribution in [1.29, 1.82) is 0 Å². The predicted octanol–water partition coefficient (Wildman–Crippen LogP) is 4.89. The van der Waals surface area contributed by atoms with Crippen LogP contribution in [0, 0.1) is 0 Å². The highest BCUT2D eigenvalue weighted by Gasteiger charge is 2.33. The van der Waals surface area contributed by atoms with Gasteiger partial charge >= 0.3 is 5.97 Å². The zero-order valence-electron chi connectivity index (χ0n) is 19.7. The maximum atomic E-state index is 13.7. The lowest BCUT2D eigenvalue weighted by molar-refractivity contribution is -0.143. The van der Waals surface area contributed by atoms with E-state index in [-0.39, 0.29) is 11.7 Å². The van der Waals surface area contributed by atoms with Crippen molar-refractivity contribution in [1.82, 2.24) is 4.57 Å². The van der Waals surface area contributed by atoms with Gasteiger partial charge in [0.05, 0.1) is 34.6 Å². The number of benzene rings is 2. The first kappa shape index (κ1) is 25.2. The molecule has 0 fully saturated rings. The minimum Gasteiger partial charge on any atom is -0.493 e. The molecule has 4 rings (SSSR count). The quantitative estimate of drug-likeness (QED) is 0.425. The second-order valence-electron chi connectivity index (χ2n) is 8.20. The van der Waals surface area contributed by atoms with Gasteiger partial charge in [0.2, 0.25) is 0 Å². The zero-order valence-corrected chi connectivity index (χ0v) is 22.0. The third-order valence-electron chi connectivity index (χ3n) is 5.33. The topological polar surface area (TPSA) is 69.9 Å². The van der Waals surface area contributed by atoms with Crippen LogP contribution < -0.4 is 19.6 Å². The summed E-state index contributed by atoms with van der Waals surface area (Å²) in [7, 11) is 0. The Hall–Kier alpha value is -2.87. The molecule has 182 valence electrons. The standard InChI is InChI=1S/C26H24Cl2N2O4S/c1-5-33-20-11-10-19(28)12-17(20)13-21-24(31)30-23(16-6-8-18(27)9-7-16)22(25(32)34-14(2)3)15(4)29-26(30)35-21/h6-14,23H,5H2,1-4H3. The molecule has 1 aliphatic rings. The lowest BCUT2D eigenvalue weighted by Gasteiger charge is -2.25. The zero-order chi connectivity index (χ0) is 25.3. The normalized spacial score (nSPS) is 15.7. The number of carbonyl (C=O) groups is 1. The molecular weight excluding hydrogens is 507 g/mol. The van der Waals surface area contributed by atoms with E-state index >= 15 is 0 Å². The molecule has 0 aliphatic carbocycles. The molecule has 1 unspecified atom stereocenters. The van der Waals surface area contributed by atoms with Crippen LogP contribution in [0.5, 0.6) is 5.75 Å². The second-order valence-corrected chi connectivity index (χ2v) is 10.1. The number of thiazole rings is 1. The van der Waals surface area contributed by atoms with Crippen LogP contribution in [0.3, 0.4) is 0 Å². The van der Waals surface area contributed by atoms with Gasteiger partial charge in [0, 0.05) is 15.6 Å². The van der Waals surface area contributed by atoms with Gasteiger partial charge in [0.25, 0.3) is 5.56 Å². The number of rotatable bonds is 6. The lowest BCUT2D eigenvalue weighted by atomic mass is 9.96. The van der Waals surface area contributed by atoms with Gasteiger partial charge in [-0.1, -0.05) is 46.7 Å². The molecular formula is C26H24Cl2N2O4S. The Balaban J connectivity index is 1.95. The Morgan fingerprint density at radius 3 is 2.51 bits per heavy atom. The van der Waals surface area contributed by atoms with E-state index in [2.05, 4.69) is 4.99 Å². The van der Waals surface area contributed by atoms with Gasteiger partial charge in [0.15, 0.2) is 4.80 Å². The van der Waals surface area contributed by atoms with Gasteiger partial charge in [-0.2, -0.15) is 0 Å². The lowest BCUT2D eigenvalue weighted by Crippen LogP contribution is -2.40. The van der Waals surface area contributed by atoms with E-state index in [9.17, 15) is 9.59 Å². The Morgan fingerprint density at radius 2 is 1.86 bits per heavy atom. The summed E-state index contributed by atoms with van der Waals surface area (Å²) in [4.78, 5) is 31.9. The third-order valence-corrected chi connectivity index (χ3v) is 6.80. The Labute approximate surface area is 216 Å². The number of allylic oxidation sites excluding steroid dienone is 1. The molecule has 2 heterocycles. The first-order chi connectivity index (χ1) is 16.7. The number of esters is 1. The number of ether oxygens (including phenoxy) is 2. The number of hydrogen-bond acceptors (Lipinski definition) is 6. The van der Waals surface area contributed by atoms with E-state index in [1.165, 1.54) is 15.9 Å². The summed E-state index contributed by atoms with van der Waals surface area (Å²) in [5, 5.41) is 1.08. The molecule has 35 heavy (non-hydrogen) atoms. The van der Waals surface area contributed by atoms with Crippen molar-refractivity contribution >= 4 is 46.6 Å². The number of carbonyl (C=O) groups excluding carboxylic acids is 1. The molecule has 6 nitrogen and oxygen atoms in total. The fraction of sp³-hybridized carbons (Fsp3) is 0.269. The fourth-order valence-electron chi connectivity index (χ4n) is 3.88. The Bertz CT molecular complexity index is 1490. The van der Waals surface area contributed by atoms with E-state index in [1.807, 2.05) is 6.92 Å². The number of halogens is 2. The van der Waals surface area contributed by atoms with Crippen molar-refractivity contribution in [3.8, 4) is 5.75 Å².